The number of rotatable bonds is 6. The quantitative estimate of drug-likeness (QED) is 0.789. The Balaban J connectivity index is 2.07. The van der Waals surface area contributed by atoms with E-state index in [0.29, 0.717) is 18.5 Å². The van der Waals surface area contributed by atoms with E-state index in [1.54, 1.807) is 7.11 Å². The molecule has 2 N–H and O–H groups in total. The molecule has 2 unspecified atom stereocenters. The van der Waals surface area contributed by atoms with Gasteiger partial charge in [0.2, 0.25) is 0 Å². The SMILES string of the molecule is CCC1CC1Nc1cc(NC)nc(COC)n1. The van der Waals surface area contributed by atoms with Gasteiger partial charge in [-0.15, -0.1) is 0 Å². The standard InChI is InChI=1S/C12H20N4O/c1-4-8-5-9(8)14-11-6-10(13-2)15-12(16-11)7-17-3/h6,8-9H,4-5,7H2,1-3H3,(H2,13,14,15,16). The van der Waals surface area contributed by atoms with Crippen molar-refractivity contribution in [2.24, 2.45) is 5.92 Å². The van der Waals surface area contributed by atoms with Crippen molar-refractivity contribution in [3.8, 4) is 0 Å². The lowest BCUT2D eigenvalue weighted by Gasteiger charge is -2.09. The van der Waals surface area contributed by atoms with Gasteiger partial charge in [0.05, 0.1) is 0 Å². The molecule has 5 nitrogen and oxygen atoms in total. The molecule has 1 aromatic heterocycles. The Morgan fingerprint density at radius 2 is 2.18 bits per heavy atom. The van der Waals surface area contributed by atoms with Crippen molar-refractivity contribution in [3.05, 3.63) is 11.9 Å². The Morgan fingerprint density at radius 1 is 1.41 bits per heavy atom. The third kappa shape index (κ3) is 3.06. The predicted octanol–water partition coefficient (Wildman–Crippen LogP) is 1.88. The van der Waals surface area contributed by atoms with E-state index in [-0.39, 0.29) is 0 Å². The monoisotopic (exact) mass is 236 g/mol. The molecular weight excluding hydrogens is 216 g/mol. The fourth-order valence-corrected chi connectivity index (χ4v) is 1.96. The first-order valence-corrected chi connectivity index (χ1v) is 6.08. The minimum atomic E-state index is 0.437. The van der Waals surface area contributed by atoms with Crippen LogP contribution in [0.3, 0.4) is 0 Å². The lowest BCUT2D eigenvalue weighted by molar-refractivity contribution is 0.178. The summed E-state index contributed by atoms with van der Waals surface area (Å²) in [5.74, 6) is 3.21. The first-order valence-electron chi connectivity index (χ1n) is 6.08. The highest BCUT2D eigenvalue weighted by atomic mass is 16.5. The molecule has 1 aliphatic carbocycles. The third-order valence-corrected chi connectivity index (χ3v) is 3.08. The molecule has 0 radical (unpaired) electrons. The van der Waals surface area contributed by atoms with Crippen LogP contribution in [-0.4, -0.2) is 30.2 Å². The molecule has 0 bridgehead atoms. The van der Waals surface area contributed by atoms with Crippen LogP contribution in [-0.2, 0) is 11.3 Å². The average molecular weight is 236 g/mol. The van der Waals surface area contributed by atoms with Crippen LogP contribution in [0.15, 0.2) is 6.07 Å². The van der Waals surface area contributed by atoms with Crippen LogP contribution in [0, 0.1) is 5.92 Å². The molecule has 5 heteroatoms. The minimum absolute atomic E-state index is 0.437. The van der Waals surface area contributed by atoms with Gasteiger partial charge in [0.15, 0.2) is 5.82 Å². The summed E-state index contributed by atoms with van der Waals surface area (Å²) in [6.45, 7) is 2.66. The number of methoxy groups -OCH3 is 1. The summed E-state index contributed by atoms with van der Waals surface area (Å²) in [5, 5.41) is 6.48. The van der Waals surface area contributed by atoms with Gasteiger partial charge in [-0.2, -0.15) is 0 Å². The van der Waals surface area contributed by atoms with Crippen LogP contribution >= 0.6 is 0 Å². The largest absolute Gasteiger partial charge is 0.377 e. The van der Waals surface area contributed by atoms with Crippen LogP contribution in [0.4, 0.5) is 11.6 Å². The van der Waals surface area contributed by atoms with Crippen molar-refractivity contribution in [1.82, 2.24) is 9.97 Å². The lowest BCUT2D eigenvalue weighted by atomic mass is 10.3. The van der Waals surface area contributed by atoms with Crippen molar-refractivity contribution in [1.29, 1.82) is 0 Å². The second-order valence-corrected chi connectivity index (χ2v) is 4.39. The molecule has 0 saturated heterocycles. The molecule has 1 saturated carbocycles. The summed E-state index contributed by atoms with van der Waals surface area (Å²) in [6.07, 6.45) is 2.47. The van der Waals surface area contributed by atoms with Crippen molar-refractivity contribution >= 4 is 11.6 Å². The fourth-order valence-electron chi connectivity index (χ4n) is 1.96. The van der Waals surface area contributed by atoms with Crippen molar-refractivity contribution in [2.75, 3.05) is 24.8 Å². The molecule has 0 aliphatic heterocycles. The van der Waals surface area contributed by atoms with Gasteiger partial charge < -0.3 is 15.4 Å². The highest BCUT2D eigenvalue weighted by molar-refractivity contribution is 5.48. The Kier molecular flexibility index (Phi) is 3.78. The first-order chi connectivity index (χ1) is 8.26. The molecule has 0 spiro atoms. The number of anilines is 2. The van der Waals surface area contributed by atoms with Gasteiger partial charge in [0.1, 0.15) is 18.2 Å². The molecule has 2 atom stereocenters. The van der Waals surface area contributed by atoms with Gasteiger partial charge >= 0.3 is 0 Å². The van der Waals surface area contributed by atoms with Crippen LogP contribution in [0.1, 0.15) is 25.6 Å². The van der Waals surface area contributed by atoms with E-state index < -0.39 is 0 Å². The van der Waals surface area contributed by atoms with Crippen molar-refractivity contribution in [2.45, 2.75) is 32.4 Å². The second kappa shape index (κ2) is 5.31. The number of hydrogen-bond donors (Lipinski definition) is 2. The van der Waals surface area contributed by atoms with Crippen LogP contribution in [0.25, 0.3) is 0 Å². The van der Waals surface area contributed by atoms with Gasteiger partial charge in [-0.05, 0) is 12.3 Å². The van der Waals surface area contributed by atoms with Crippen molar-refractivity contribution < 1.29 is 4.74 Å². The number of aromatic nitrogens is 2. The zero-order valence-electron chi connectivity index (χ0n) is 10.7. The zero-order chi connectivity index (χ0) is 12.3. The van der Waals surface area contributed by atoms with E-state index in [4.69, 9.17) is 4.74 Å². The molecule has 1 fully saturated rings. The van der Waals surface area contributed by atoms with E-state index in [0.717, 1.165) is 17.6 Å². The molecule has 1 aromatic rings. The maximum absolute atomic E-state index is 5.06. The van der Waals surface area contributed by atoms with Crippen LogP contribution in [0.2, 0.25) is 0 Å². The predicted molar refractivity (Wildman–Crippen MR) is 68.1 cm³/mol. The molecule has 2 rings (SSSR count). The molecule has 0 amide bonds. The highest BCUT2D eigenvalue weighted by Crippen LogP contribution is 2.35. The van der Waals surface area contributed by atoms with Gasteiger partial charge in [0.25, 0.3) is 0 Å². The Labute approximate surface area is 102 Å². The molecule has 1 aliphatic rings. The smallest absolute Gasteiger partial charge is 0.158 e. The summed E-state index contributed by atoms with van der Waals surface area (Å²) < 4.78 is 5.06. The summed E-state index contributed by atoms with van der Waals surface area (Å²) in [5.41, 5.74) is 0. The van der Waals surface area contributed by atoms with E-state index in [1.165, 1.54) is 12.8 Å². The topological polar surface area (TPSA) is 59.1 Å². The average Bonchev–Trinajstić information content (AvgIpc) is 3.07. The van der Waals surface area contributed by atoms with Gasteiger partial charge in [-0.25, -0.2) is 9.97 Å². The number of nitrogens with one attached hydrogen (secondary N) is 2. The molecule has 94 valence electrons. The van der Waals surface area contributed by atoms with Gasteiger partial charge in [0, 0.05) is 26.3 Å². The van der Waals surface area contributed by atoms with Crippen LogP contribution in [0.5, 0.6) is 0 Å². The van der Waals surface area contributed by atoms with Crippen molar-refractivity contribution in [3.63, 3.8) is 0 Å². The Bertz CT molecular complexity index is 383. The summed E-state index contributed by atoms with van der Waals surface area (Å²) in [4.78, 5) is 8.75. The molecule has 0 aromatic carbocycles. The summed E-state index contributed by atoms with van der Waals surface area (Å²) >= 11 is 0. The summed E-state index contributed by atoms with van der Waals surface area (Å²) in [7, 11) is 3.51. The molecule has 17 heavy (non-hydrogen) atoms. The maximum atomic E-state index is 5.06. The van der Waals surface area contributed by atoms with E-state index in [9.17, 15) is 0 Å². The van der Waals surface area contributed by atoms with E-state index in [1.807, 2.05) is 13.1 Å². The Morgan fingerprint density at radius 3 is 2.76 bits per heavy atom. The maximum Gasteiger partial charge on any atom is 0.158 e. The fraction of sp³-hybridized carbons (Fsp3) is 0.667. The Hall–Kier alpha value is -1.36. The molecule has 1 heterocycles. The number of nitrogens with zero attached hydrogens (tertiary/aromatic N) is 2. The van der Waals surface area contributed by atoms with Crippen LogP contribution < -0.4 is 10.6 Å². The highest BCUT2D eigenvalue weighted by Gasteiger charge is 2.35. The third-order valence-electron chi connectivity index (χ3n) is 3.08. The zero-order valence-corrected chi connectivity index (χ0v) is 10.7. The second-order valence-electron chi connectivity index (χ2n) is 4.39. The van der Waals surface area contributed by atoms with Gasteiger partial charge in [-0.3, -0.25) is 0 Å². The van der Waals surface area contributed by atoms with Gasteiger partial charge in [-0.1, -0.05) is 13.3 Å². The minimum Gasteiger partial charge on any atom is -0.377 e. The summed E-state index contributed by atoms with van der Waals surface area (Å²) in [6, 6.07) is 2.51. The molecular formula is C12H20N4O. The number of ether oxygens (including phenoxy) is 1. The first kappa shape index (κ1) is 12.1. The lowest BCUT2D eigenvalue weighted by Crippen LogP contribution is -2.10. The normalized spacial score (nSPS) is 22.3. The number of hydrogen-bond acceptors (Lipinski definition) is 5. The van der Waals surface area contributed by atoms with E-state index >= 15 is 0 Å². The van der Waals surface area contributed by atoms with E-state index in [2.05, 4.69) is 27.5 Å².